The molecule has 0 aliphatic heterocycles. The number of alkyl halides is 2. The van der Waals surface area contributed by atoms with Gasteiger partial charge in [0, 0.05) is 19.4 Å². The average Bonchev–Trinajstić information content (AvgIpc) is 2.04. The molecule has 14 heavy (non-hydrogen) atoms. The molecule has 1 atom stereocenters. The Bertz CT molecular complexity index is 159. The molecule has 0 bridgehead atoms. The van der Waals surface area contributed by atoms with Crippen LogP contribution >= 0.6 is 12.4 Å². The summed E-state index contributed by atoms with van der Waals surface area (Å²) >= 11 is 0. The molecule has 86 valence electrons. The van der Waals surface area contributed by atoms with E-state index in [1.165, 1.54) is 0 Å². The van der Waals surface area contributed by atoms with Crippen LogP contribution in [-0.4, -0.2) is 30.7 Å². The molecule has 1 fully saturated rings. The smallest absolute Gasteiger partial charge is 0.248 e. The summed E-state index contributed by atoms with van der Waals surface area (Å²) in [5.74, 6) is -2.44. The number of halogens is 3. The van der Waals surface area contributed by atoms with Crippen molar-refractivity contribution in [2.45, 2.75) is 37.7 Å². The standard InChI is InChI=1S/C9H17F2NO.ClH/c1-12-6-8(13)7-2-4-9(10,11)5-3-7;/h7-8,12-13H,2-6H2,1H3;1H. The molecule has 0 radical (unpaired) electrons. The second-order valence-electron chi connectivity index (χ2n) is 3.82. The lowest BCUT2D eigenvalue weighted by atomic mass is 9.83. The molecule has 0 aromatic carbocycles. The van der Waals surface area contributed by atoms with E-state index in [9.17, 15) is 13.9 Å². The first-order valence-corrected chi connectivity index (χ1v) is 4.75. The summed E-state index contributed by atoms with van der Waals surface area (Å²) in [6, 6.07) is 0. The average molecular weight is 230 g/mol. The summed E-state index contributed by atoms with van der Waals surface area (Å²) in [6.45, 7) is 0.496. The molecule has 5 heteroatoms. The van der Waals surface area contributed by atoms with Crippen LogP contribution in [0.4, 0.5) is 8.78 Å². The molecule has 1 unspecified atom stereocenters. The molecule has 1 rings (SSSR count). The van der Waals surface area contributed by atoms with Crippen LogP contribution in [0, 0.1) is 5.92 Å². The second-order valence-corrected chi connectivity index (χ2v) is 3.82. The van der Waals surface area contributed by atoms with Crippen molar-refractivity contribution in [3.63, 3.8) is 0 Å². The highest BCUT2D eigenvalue weighted by atomic mass is 35.5. The summed E-state index contributed by atoms with van der Waals surface area (Å²) < 4.78 is 25.5. The largest absolute Gasteiger partial charge is 0.392 e. The second kappa shape index (κ2) is 5.83. The molecule has 0 aromatic rings. The van der Waals surface area contributed by atoms with Gasteiger partial charge >= 0.3 is 0 Å². The number of likely N-dealkylation sites (N-methyl/N-ethyl adjacent to an activating group) is 1. The van der Waals surface area contributed by atoms with Crippen molar-refractivity contribution in [3.8, 4) is 0 Å². The lowest BCUT2D eigenvalue weighted by Crippen LogP contribution is -2.36. The topological polar surface area (TPSA) is 32.3 Å². The Hall–Kier alpha value is 0.0700. The highest BCUT2D eigenvalue weighted by molar-refractivity contribution is 5.85. The third kappa shape index (κ3) is 4.07. The van der Waals surface area contributed by atoms with Crippen LogP contribution in [0.15, 0.2) is 0 Å². The van der Waals surface area contributed by atoms with Crippen molar-refractivity contribution >= 4 is 12.4 Å². The number of aliphatic hydroxyl groups is 1. The Morgan fingerprint density at radius 3 is 2.36 bits per heavy atom. The van der Waals surface area contributed by atoms with Crippen LogP contribution < -0.4 is 5.32 Å². The fraction of sp³-hybridized carbons (Fsp3) is 1.00. The molecule has 2 nitrogen and oxygen atoms in total. The van der Waals surface area contributed by atoms with Crippen molar-refractivity contribution in [1.29, 1.82) is 0 Å². The summed E-state index contributed by atoms with van der Waals surface area (Å²) in [5.41, 5.74) is 0. The van der Waals surface area contributed by atoms with Gasteiger partial charge in [-0.1, -0.05) is 0 Å². The Morgan fingerprint density at radius 1 is 1.43 bits per heavy atom. The van der Waals surface area contributed by atoms with Crippen molar-refractivity contribution in [1.82, 2.24) is 5.32 Å². The maximum Gasteiger partial charge on any atom is 0.248 e. The Morgan fingerprint density at radius 2 is 1.93 bits per heavy atom. The van der Waals surface area contributed by atoms with E-state index in [0.717, 1.165) is 0 Å². The van der Waals surface area contributed by atoms with Gasteiger partial charge in [-0.15, -0.1) is 12.4 Å². The van der Waals surface area contributed by atoms with E-state index >= 15 is 0 Å². The van der Waals surface area contributed by atoms with Crippen molar-refractivity contribution in [2.24, 2.45) is 5.92 Å². The molecule has 0 amide bonds. The number of rotatable bonds is 3. The maximum atomic E-state index is 12.7. The fourth-order valence-corrected chi connectivity index (χ4v) is 1.82. The van der Waals surface area contributed by atoms with E-state index in [4.69, 9.17) is 0 Å². The predicted molar refractivity (Wildman–Crippen MR) is 54.1 cm³/mol. The van der Waals surface area contributed by atoms with Gasteiger partial charge < -0.3 is 10.4 Å². The molecule has 2 N–H and O–H groups in total. The molecule has 0 aromatic heterocycles. The third-order valence-corrected chi connectivity index (χ3v) is 2.72. The van der Waals surface area contributed by atoms with Gasteiger partial charge in [-0.25, -0.2) is 8.78 Å². The third-order valence-electron chi connectivity index (χ3n) is 2.72. The first kappa shape index (κ1) is 14.1. The van der Waals surface area contributed by atoms with Crippen LogP contribution in [0.5, 0.6) is 0 Å². The lowest BCUT2D eigenvalue weighted by molar-refractivity contribution is -0.0616. The van der Waals surface area contributed by atoms with Gasteiger partial charge in [-0.2, -0.15) is 0 Å². The Labute approximate surface area is 89.5 Å². The van der Waals surface area contributed by atoms with Crippen LogP contribution in [-0.2, 0) is 0 Å². The van der Waals surface area contributed by atoms with Crippen molar-refractivity contribution in [2.75, 3.05) is 13.6 Å². The van der Waals surface area contributed by atoms with E-state index in [2.05, 4.69) is 5.32 Å². The maximum absolute atomic E-state index is 12.7. The quantitative estimate of drug-likeness (QED) is 0.774. The Balaban J connectivity index is 0.00000169. The minimum atomic E-state index is -2.49. The van der Waals surface area contributed by atoms with Crippen LogP contribution in [0.2, 0.25) is 0 Å². The number of hydrogen-bond acceptors (Lipinski definition) is 2. The molecule has 1 saturated carbocycles. The SMILES string of the molecule is CNCC(O)C1CCC(F)(F)CC1.Cl. The highest BCUT2D eigenvalue weighted by Gasteiger charge is 2.36. The predicted octanol–water partition coefficient (Wildman–Crippen LogP) is 1.81. The van der Waals surface area contributed by atoms with Gasteiger partial charge in [0.25, 0.3) is 0 Å². The normalized spacial score (nSPS) is 24.0. The number of aliphatic hydroxyl groups excluding tert-OH is 1. The van der Waals surface area contributed by atoms with Gasteiger partial charge in [0.05, 0.1) is 6.10 Å². The minimum absolute atomic E-state index is 0. The van der Waals surface area contributed by atoms with Gasteiger partial charge in [0.15, 0.2) is 0 Å². The molecule has 0 saturated heterocycles. The Kier molecular flexibility index (Phi) is 5.86. The first-order valence-electron chi connectivity index (χ1n) is 4.75. The first-order chi connectivity index (χ1) is 6.05. The molecule has 0 heterocycles. The summed E-state index contributed by atoms with van der Waals surface area (Å²) in [7, 11) is 1.75. The summed E-state index contributed by atoms with van der Waals surface area (Å²) in [5, 5.41) is 12.4. The van der Waals surface area contributed by atoms with Crippen LogP contribution in [0.1, 0.15) is 25.7 Å². The van der Waals surface area contributed by atoms with Gasteiger partial charge in [0.1, 0.15) is 0 Å². The monoisotopic (exact) mass is 229 g/mol. The molecule has 1 aliphatic carbocycles. The van der Waals surface area contributed by atoms with Gasteiger partial charge in [-0.3, -0.25) is 0 Å². The zero-order valence-corrected chi connectivity index (χ0v) is 9.12. The zero-order valence-electron chi connectivity index (χ0n) is 8.30. The van der Waals surface area contributed by atoms with E-state index in [-0.39, 0.29) is 31.2 Å². The zero-order chi connectivity index (χ0) is 9.90. The van der Waals surface area contributed by atoms with E-state index in [1.54, 1.807) is 7.05 Å². The van der Waals surface area contributed by atoms with Crippen molar-refractivity contribution in [3.05, 3.63) is 0 Å². The molecule has 1 aliphatic rings. The minimum Gasteiger partial charge on any atom is -0.392 e. The number of nitrogens with one attached hydrogen (secondary N) is 1. The van der Waals surface area contributed by atoms with Crippen molar-refractivity contribution < 1.29 is 13.9 Å². The van der Waals surface area contributed by atoms with Crippen LogP contribution in [0.3, 0.4) is 0 Å². The van der Waals surface area contributed by atoms with E-state index in [1.807, 2.05) is 0 Å². The lowest BCUT2D eigenvalue weighted by Gasteiger charge is -2.31. The number of hydrogen-bond donors (Lipinski definition) is 2. The van der Waals surface area contributed by atoms with E-state index < -0.39 is 12.0 Å². The molecular weight excluding hydrogens is 212 g/mol. The molecular formula is C9H18ClF2NO. The summed E-state index contributed by atoms with van der Waals surface area (Å²) in [4.78, 5) is 0. The highest BCUT2D eigenvalue weighted by Crippen LogP contribution is 2.37. The van der Waals surface area contributed by atoms with Gasteiger partial charge in [-0.05, 0) is 25.8 Å². The summed E-state index contributed by atoms with van der Waals surface area (Å²) in [6.07, 6.45) is 0.267. The fourth-order valence-electron chi connectivity index (χ4n) is 1.82. The molecule has 0 spiro atoms. The van der Waals surface area contributed by atoms with Gasteiger partial charge in [0.2, 0.25) is 5.92 Å². The van der Waals surface area contributed by atoms with Crippen LogP contribution in [0.25, 0.3) is 0 Å². The van der Waals surface area contributed by atoms with E-state index in [0.29, 0.717) is 19.4 Å².